The molecule has 31 heavy (non-hydrogen) atoms. The number of urea groups is 1. The summed E-state index contributed by atoms with van der Waals surface area (Å²) in [5, 5.41) is 28.6. The molecular formula is C19H16BFIN5O4. The maximum absolute atomic E-state index is 14.0. The summed E-state index contributed by atoms with van der Waals surface area (Å²) < 4.78 is 20.7. The summed E-state index contributed by atoms with van der Waals surface area (Å²) in [5.41, 5.74) is 0.738. The first-order valence-corrected chi connectivity index (χ1v) is 10.3. The van der Waals surface area contributed by atoms with E-state index >= 15 is 0 Å². The number of rotatable bonds is 5. The zero-order chi connectivity index (χ0) is 22.0. The van der Waals surface area contributed by atoms with Gasteiger partial charge in [0.25, 0.3) is 0 Å². The second-order valence-electron chi connectivity index (χ2n) is 6.83. The Morgan fingerprint density at radius 2 is 2.00 bits per heavy atom. The van der Waals surface area contributed by atoms with Gasteiger partial charge in [-0.25, -0.2) is 14.2 Å². The van der Waals surface area contributed by atoms with E-state index in [-0.39, 0.29) is 23.4 Å². The Balaban J connectivity index is 1.35. The van der Waals surface area contributed by atoms with E-state index in [0.29, 0.717) is 30.1 Å². The monoisotopic (exact) mass is 535 g/mol. The van der Waals surface area contributed by atoms with Crippen molar-refractivity contribution in [3.05, 3.63) is 58.2 Å². The summed E-state index contributed by atoms with van der Waals surface area (Å²) in [6, 6.07) is 8.83. The van der Waals surface area contributed by atoms with Crippen LogP contribution in [0.3, 0.4) is 0 Å². The van der Waals surface area contributed by atoms with Crippen molar-refractivity contribution in [3.8, 4) is 17.0 Å². The van der Waals surface area contributed by atoms with Crippen LogP contribution in [0.1, 0.15) is 0 Å². The first-order chi connectivity index (χ1) is 14.9. The molecule has 1 aliphatic heterocycles. The molecule has 9 nitrogen and oxygen atoms in total. The Labute approximate surface area is 190 Å². The quantitative estimate of drug-likeness (QED) is 0.333. The fourth-order valence-electron chi connectivity index (χ4n) is 2.97. The van der Waals surface area contributed by atoms with Gasteiger partial charge in [-0.2, -0.15) is 5.10 Å². The Kier molecular flexibility index (Phi) is 6.29. The number of nitrogens with zero attached hydrogens (tertiary/aromatic N) is 4. The number of pyridine rings is 1. The summed E-state index contributed by atoms with van der Waals surface area (Å²) in [4.78, 5) is 18.2. The molecule has 0 saturated carbocycles. The van der Waals surface area contributed by atoms with Crippen LogP contribution in [-0.2, 0) is 0 Å². The lowest BCUT2D eigenvalue weighted by Gasteiger charge is -2.38. The molecule has 0 unspecified atom stereocenters. The molecule has 12 heteroatoms. The fraction of sp³-hybridized carbons (Fsp3) is 0.158. The molecule has 0 atom stereocenters. The molecule has 0 aliphatic carbocycles. The first-order valence-electron chi connectivity index (χ1n) is 9.22. The molecule has 1 saturated heterocycles. The lowest BCUT2D eigenvalue weighted by atomic mass is 9.79. The second kappa shape index (κ2) is 9.12. The van der Waals surface area contributed by atoms with E-state index < -0.39 is 12.9 Å². The van der Waals surface area contributed by atoms with E-state index in [2.05, 4.69) is 43.1 Å². The van der Waals surface area contributed by atoms with Gasteiger partial charge in [0.2, 0.25) is 5.88 Å². The van der Waals surface area contributed by atoms with Gasteiger partial charge in [-0.15, -0.1) is 5.10 Å². The number of benzene rings is 1. The Morgan fingerprint density at radius 3 is 2.68 bits per heavy atom. The lowest BCUT2D eigenvalue weighted by Crippen LogP contribution is -2.57. The third-order valence-corrected chi connectivity index (χ3v) is 5.26. The number of anilines is 1. The van der Waals surface area contributed by atoms with Crippen molar-refractivity contribution in [2.75, 3.05) is 18.4 Å². The van der Waals surface area contributed by atoms with Gasteiger partial charge in [-0.3, -0.25) is 5.32 Å². The summed E-state index contributed by atoms with van der Waals surface area (Å²) >= 11 is 2.16. The van der Waals surface area contributed by atoms with Gasteiger partial charge < -0.3 is 19.7 Å². The highest BCUT2D eigenvalue weighted by molar-refractivity contribution is 14.1. The SMILES string of the molecule is O=C(Nc1cc(-c2ccc(B(O)O)c(F)c2)cnn1)N1CC(Oc2ccc(I)cn2)C1. The smallest absolute Gasteiger partial charge is 0.471 e. The number of likely N-dealkylation sites (tertiary alicyclic amines) is 1. The molecule has 1 aromatic carbocycles. The summed E-state index contributed by atoms with van der Waals surface area (Å²) in [6.07, 6.45) is 2.98. The predicted molar refractivity (Wildman–Crippen MR) is 119 cm³/mol. The number of aromatic nitrogens is 3. The number of amides is 2. The van der Waals surface area contributed by atoms with Crippen molar-refractivity contribution < 1.29 is 24.0 Å². The van der Waals surface area contributed by atoms with Gasteiger partial charge in [0.05, 0.1) is 19.3 Å². The average Bonchev–Trinajstić information content (AvgIpc) is 2.71. The number of nitrogens with one attached hydrogen (secondary N) is 1. The number of carbonyl (C=O) groups excluding carboxylic acids is 1. The van der Waals surface area contributed by atoms with Gasteiger partial charge in [0.15, 0.2) is 5.82 Å². The minimum Gasteiger partial charge on any atom is -0.471 e. The minimum atomic E-state index is -1.90. The third kappa shape index (κ3) is 5.08. The number of hydrogen-bond acceptors (Lipinski definition) is 7. The zero-order valence-electron chi connectivity index (χ0n) is 15.9. The van der Waals surface area contributed by atoms with Gasteiger partial charge >= 0.3 is 13.1 Å². The van der Waals surface area contributed by atoms with Crippen molar-refractivity contribution in [1.29, 1.82) is 0 Å². The van der Waals surface area contributed by atoms with E-state index in [1.807, 2.05) is 6.07 Å². The van der Waals surface area contributed by atoms with E-state index in [1.54, 1.807) is 23.2 Å². The highest BCUT2D eigenvalue weighted by Gasteiger charge is 2.33. The van der Waals surface area contributed by atoms with Crippen molar-refractivity contribution in [2.24, 2.45) is 0 Å². The predicted octanol–water partition coefficient (Wildman–Crippen LogP) is 1.26. The Hall–Kier alpha value is -2.84. The van der Waals surface area contributed by atoms with Crippen molar-refractivity contribution in [1.82, 2.24) is 20.1 Å². The van der Waals surface area contributed by atoms with Crippen molar-refractivity contribution in [2.45, 2.75) is 6.10 Å². The molecule has 3 N–H and O–H groups in total. The minimum absolute atomic E-state index is 0.140. The number of ether oxygens (including phenoxy) is 1. The summed E-state index contributed by atoms with van der Waals surface area (Å²) in [7, 11) is -1.90. The van der Waals surface area contributed by atoms with Crippen LogP contribution in [0.2, 0.25) is 0 Å². The van der Waals surface area contributed by atoms with Gasteiger partial charge in [0.1, 0.15) is 11.9 Å². The number of carbonyl (C=O) groups is 1. The largest absolute Gasteiger partial charge is 0.491 e. The van der Waals surface area contributed by atoms with Crippen LogP contribution in [0.4, 0.5) is 15.0 Å². The Bertz CT molecular complexity index is 1100. The maximum Gasteiger partial charge on any atom is 0.491 e. The average molecular weight is 535 g/mol. The van der Waals surface area contributed by atoms with E-state index in [1.165, 1.54) is 18.3 Å². The molecule has 1 fully saturated rings. The summed E-state index contributed by atoms with van der Waals surface area (Å²) in [6.45, 7) is 0.811. The molecule has 0 bridgehead atoms. The zero-order valence-corrected chi connectivity index (χ0v) is 18.1. The number of hydrogen-bond donors (Lipinski definition) is 3. The van der Waals surface area contributed by atoms with Crippen LogP contribution >= 0.6 is 22.6 Å². The van der Waals surface area contributed by atoms with Crippen LogP contribution in [0, 0.1) is 9.39 Å². The van der Waals surface area contributed by atoms with E-state index in [0.717, 1.165) is 9.64 Å². The number of halogens is 2. The molecule has 2 aromatic heterocycles. The molecule has 3 heterocycles. The van der Waals surface area contributed by atoms with Crippen molar-refractivity contribution >= 4 is 47.0 Å². The van der Waals surface area contributed by atoms with Crippen LogP contribution in [-0.4, -0.2) is 62.5 Å². The summed E-state index contributed by atoms with van der Waals surface area (Å²) in [5.74, 6) is -0.0435. The van der Waals surface area contributed by atoms with Crippen LogP contribution < -0.4 is 15.5 Å². The highest BCUT2D eigenvalue weighted by atomic mass is 127. The van der Waals surface area contributed by atoms with Crippen molar-refractivity contribution in [3.63, 3.8) is 0 Å². The first kappa shape index (κ1) is 21.4. The topological polar surface area (TPSA) is 121 Å². The highest BCUT2D eigenvalue weighted by Crippen LogP contribution is 2.22. The molecule has 2 amide bonds. The molecule has 158 valence electrons. The second-order valence-corrected chi connectivity index (χ2v) is 8.07. The molecule has 1 aliphatic rings. The molecule has 4 rings (SSSR count). The van der Waals surface area contributed by atoms with Crippen LogP contribution in [0.15, 0.2) is 48.8 Å². The van der Waals surface area contributed by atoms with Crippen LogP contribution in [0.25, 0.3) is 11.1 Å². The molecular weight excluding hydrogens is 519 g/mol. The normalized spacial score (nSPS) is 13.5. The van der Waals surface area contributed by atoms with Crippen LogP contribution in [0.5, 0.6) is 5.88 Å². The molecule has 3 aromatic rings. The Morgan fingerprint density at radius 1 is 1.19 bits per heavy atom. The molecule has 0 radical (unpaired) electrons. The van der Waals surface area contributed by atoms with Gasteiger partial charge in [-0.1, -0.05) is 12.1 Å². The maximum atomic E-state index is 14.0. The van der Waals surface area contributed by atoms with E-state index in [9.17, 15) is 9.18 Å². The standard InChI is InChI=1S/C19H16BFIN5O4/c21-16-5-11(1-3-15(16)20(29)30)12-6-17(26-24-7-12)25-19(28)27-9-14(10-27)31-18-4-2-13(22)8-23-18/h1-8,14,29-30H,9-10H2,(H,25,26,28). The molecule has 0 spiro atoms. The fourth-order valence-corrected chi connectivity index (χ4v) is 3.29. The van der Waals surface area contributed by atoms with Gasteiger partial charge in [-0.05, 0) is 46.4 Å². The van der Waals surface area contributed by atoms with E-state index in [4.69, 9.17) is 14.8 Å². The third-order valence-electron chi connectivity index (χ3n) is 4.62. The lowest BCUT2D eigenvalue weighted by molar-refractivity contribution is 0.0460. The van der Waals surface area contributed by atoms with Gasteiger partial charge in [0, 0.05) is 26.9 Å².